The first-order valence-corrected chi connectivity index (χ1v) is 25.8. The van der Waals surface area contributed by atoms with Gasteiger partial charge in [-0.05, 0) is 31.1 Å². The van der Waals surface area contributed by atoms with Gasteiger partial charge in [-0.25, -0.2) is 0 Å². The van der Waals surface area contributed by atoms with E-state index < -0.39 is 6.10 Å². The van der Waals surface area contributed by atoms with Crippen molar-refractivity contribution < 1.29 is 28.6 Å². The summed E-state index contributed by atoms with van der Waals surface area (Å²) in [7, 11) is 0. The Morgan fingerprint density at radius 2 is 0.603 bits per heavy atom. The summed E-state index contributed by atoms with van der Waals surface area (Å²) in [6.07, 6.45) is 45.1. The average molecular weight is 821 g/mol. The van der Waals surface area contributed by atoms with E-state index in [-0.39, 0.29) is 31.1 Å². The van der Waals surface area contributed by atoms with E-state index in [1.165, 1.54) is 173 Å². The van der Waals surface area contributed by atoms with Gasteiger partial charge < -0.3 is 14.2 Å². The summed E-state index contributed by atoms with van der Waals surface area (Å²) in [5.74, 6) is 0.829. The highest BCUT2D eigenvalue weighted by atomic mass is 16.6. The molecule has 0 aliphatic heterocycles. The summed E-state index contributed by atoms with van der Waals surface area (Å²) in [6.45, 7) is 11.4. The number of esters is 3. The molecule has 0 amide bonds. The average Bonchev–Trinajstić information content (AvgIpc) is 3.22. The molecule has 2 unspecified atom stereocenters. The molecule has 0 spiro atoms. The number of carbonyl (C=O) groups is 3. The van der Waals surface area contributed by atoms with Crippen LogP contribution in [-0.4, -0.2) is 37.2 Å². The number of rotatable bonds is 46. The maximum Gasteiger partial charge on any atom is 0.306 e. The molecule has 0 bridgehead atoms. The van der Waals surface area contributed by atoms with Gasteiger partial charge in [0.05, 0.1) is 0 Å². The van der Waals surface area contributed by atoms with Crippen molar-refractivity contribution in [2.75, 3.05) is 13.2 Å². The first kappa shape index (κ1) is 56.4. The van der Waals surface area contributed by atoms with E-state index in [4.69, 9.17) is 14.2 Å². The summed E-state index contributed by atoms with van der Waals surface area (Å²) >= 11 is 0. The van der Waals surface area contributed by atoms with E-state index in [0.29, 0.717) is 19.3 Å². The van der Waals surface area contributed by atoms with Crippen molar-refractivity contribution in [3.8, 4) is 0 Å². The van der Waals surface area contributed by atoms with Gasteiger partial charge in [0.15, 0.2) is 6.10 Å². The van der Waals surface area contributed by atoms with Gasteiger partial charge in [0.2, 0.25) is 0 Å². The topological polar surface area (TPSA) is 78.9 Å². The molecule has 0 fully saturated rings. The number of hydrogen-bond donors (Lipinski definition) is 0. The first-order chi connectivity index (χ1) is 28.3. The molecule has 0 aromatic rings. The van der Waals surface area contributed by atoms with E-state index >= 15 is 0 Å². The van der Waals surface area contributed by atoms with Crippen LogP contribution in [0.3, 0.4) is 0 Å². The second-order valence-electron chi connectivity index (χ2n) is 18.3. The lowest BCUT2D eigenvalue weighted by Crippen LogP contribution is -2.30. The summed E-state index contributed by atoms with van der Waals surface area (Å²) in [5, 5.41) is 0. The number of carbonyl (C=O) groups excluding carboxylic acids is 3. The molecule has 6 heteroatoms. The molecule has 0 aromatic heterocycles. The van der Waals surface area contributed by atoms with Crippen LogP contribution in [-0.2, 0) is 28.6 Å². The highest BCUT2D eigenvalue weighted by molar-refractivity contribution is 5.71. The van der Waals surface area contributed by atoms with E-state index in [1.807, 2.05) is 0 Å². The monoisotopic (exact) mass is 821 g/mol. The largest absolute Gasteiger partial charge is 0.462 e. The van der Waals surface area contributed by atoms with Crippen molar-refractivity contribution >= 4 is 17.9 Å². The van der Waals surface area contributed by atoms with Crippen molar-refractivity contribution in [2.24, 2.45) is 11.8 Å². The molecule has 0 heterocycles. The van der Waals surface area contributed by atoms with Gasteiger partial charge in [0.25, 0.3) is 0 Å². The Balaban J connectivity index is 4.30. The van der Waals surface area contributed by atoms with Crippen LogP contribution in [0.5, 0.6) is 0 Å². The summed E-state index contributed by atoms with van der Waals surface area (Å²) in [4.78, 5) is 37.9. The van der Waals surface area contributed by atoms with Crippen LogP contribution in [0.1, 0.15) is 285 Å². The molecule has 0 saturated heterocycles. The van der Waals surface area contributed by atoms with Crippen LogP contribution in [0.15, 0.2) is 0 Å². The summed E-state index contributed by atoms with van der Waals surface area (Å²) < 4.78 is 16.8. The van der Waals surface area contributed by atoms with Gasteiger partial charge in [-0.3, -0.25) is 14.4 Å². The number of ether oxygens (including phenoxy) is 3. The van der Waals surface area contributed by atoms with Crippen LogP contribution in [0.2, 0.25) is 0 Å². The van der Waals surface area contributed by atoms with Gasteiger partial charge in [-0.2, -0.15) is 0 Å². The minimum Gasteiger partial charge on any atom is -0.462 e. The van der Waals surface area contributed by atoms with Gasteiger partial charge in [0, 0.05) is 19.3 Å². The van der Waals surface area contributed by atoms with Crippen LogP contribution < -0.4 is 0 Å². The fraction of sp³-hybridized carbons (Fsp3) is 0.942. The Kier molecular flexibility index (Phi) is 43.7. The molecule has 0 N–H and O–H groups in total. The second-order valence-corrected chi connectivity index (χ2v) is 18.3. The van der Waals surface area contributed by atoms with Crippen LogP contribution in [0.25, 0.3) is 0 Å². The van der Waals surface area contributed by atoms with Gasteiger partial charge in [0.1, 0.15) is 13.2 Å². The highest BCUT2D eigenvalue weighted by Gasteiger charge is 2.19. The van der Waals surface area contributed by atoms with Crippen LogP contribution in [0.4, 0.5) is 0 Å². The molecule has 0 aliphatic rings. The minimum absolute atomic E-state index is 0.0645. The predicted molar refractivity (Wildman–Crippen MR) is 247 cm³/mol. The van der Waals surface area contributed by atoms with Gasteiger partial charge in [-0.15, -0.1) is 0 Å². The Hall–Kier alpha value is -1.59. The van der Waals surface area contributed by atoms with Gasteiger partial charge >= 0.3 is 17.9 Å². The fourth-order valence-corrected chi connectivity index (χ4v) is 7.75. The van der Waals surface area contributed by atoms with Crippen molar-refractivity contribution in [1.29, 1.82) is 0 Å². The molecular formula is C52H100O6. The third-order valence-corrected chi connectivity index (χ3v) is 12.4. The fourth-order valence-electron chi connectivity index (χ4n) is 7.75. The third-order valence-electron chi connectivity index (χ3n) is 12.4. The number of unbranched alkanes of at least 4 members (excludes halogenated alkanes) is 29. The first-order valence-electron chi connectivity index (χ1n) is 25.8. The number of hydrogen-bond acceptors (Lipinski definition) is 6. The van der Waals surface area contributed by atoms with Crippen LogP contribution in [0, 0.1) is 11.8 Å². The zero-order valence-corrected chi connectivity index (χ0v) is 39.7. The molecular weight excluding hydrogens is 721 g/mol. The Morgan fingerprint density at radius 3 is 0.897 bits per heavy atom. The summed E-state index contributed by atoms with van der Waals surface area (Å²) in [6, 6.07) is 0. The summed E-state index contributed by atoms with van der Waals surface area (Å²) in [5.41, 5.74) is 0. The third kappa shape index (κ3) is 42.5. The highest BCUT2D eigenvalue weighted by Crippen LogP contribution is 2.18. The molecule has 0 radical (unpaired) electrons. The molecule has 6 nitrogen and oxygen atoms in total. The van der Waals surface area contributed by atoms with E-state index in [0.717, 1.165) is 69.6 Å². The zero-order chi connectivity index (χ0) is 42.6. The lowest BCUT2D eigenvalue weighted by molar-refractivity contribution is -0.167. The maximum absolute atomic E-state index is 12.8. The van der Waals surface area contributed by atoms with E-state index in [9.17, 15) is 14.4 Å². The smallest absolute Gasteiger partial charge is 0.306 e. The SMILES string of the molecule is CCCCCCCCCCCCCCCCCCC(=O)OC[C@@H](COC(=O)CCCCCCCCC(C)CC)OC(=O)CCCCCCCCCCCCC(C)CC. The Labute approximate surface area is 361 Å². The molecule has 3 atom stereocenters. The van der Waals surface area contributed by atoms with Crippen molar-refractivity contribution in [1.82, 2.24) is 0 Å². The van der Waals surface area contributed by atoms with Crippen LogP contribution >= 0.6 is 0 Å². The molecule has 0 aromatic carbocycles. The zero-order valence-electron chi connectivity index (χ0n) is 39.7. The lowest BCUT2D eigenvalue weighted by atomic mass is 9.99. The molecule has 344 valence electrons. The van der Waals surface area contributed by atoms with Crippen molar-refractivity contribution in [3.05, 3.63) is 0 Å². The molecule has 58 heavy (non-hydrogen) atoms. The predicted octanol–water partition coefficient (Wildman–Crippen LogP) is 16.5. The quantitative estimate of drug-likeness (QED) is 0.0346. The molecule has 0 rings (SSSR count). The molecule has 0 saturated carbocycles. The lowest BCUT2D eigenvalue weighted by Gasteiger charge is -2.18. The van der Waals surface area contributed by atoms with E-state index in [1.54, 1.807) is 0 Å². The second kappa shape index (κ2) is 44.9. The normalized spacial score (nSPS) is 13.0. The maximum atomic E-state index is 12.8. The molecule has 0 aliphatic carbocycles. The minimum atomic E-state index is -0.762. The Morgan fingerprint density at radius 1 is 0.345 bits per heavy atom. The standard InChI is InChI=1S/C52H100O6/c1-6-9-10-11-12-13-14-15-16-17-18-19-23-26-32-37-42-50(53)56-45-49(46-57-51(54)43-38-33-29-28-31-36-41-48(5)8-3)58-52(55)44-39-34-27-24-21-20-22-25-30-35-40-47(4)7-2/h47-49H,6-46H2,1-5H3/t47?,48?,49-/m0/s1. The van der Waals surface area contributed by atoms with E-state index in [2.05, 4.69) is 34.6 Å². The van der Waals surface area contributed by atoms with Gasteiger partial charge in [-0.1, -0.05) is 247 Å². The van der Waals surface area contributed by atoms with Crippen molar-refractivity contribution in [2.45, 2.75) is 291 Å². The Bertz CT molecular complexity index is 889. The van der Waals surface area contributed by atoms with Crippen molar-refractivity contribution in [3.63, 3.8) is 0 Å².